The van der Waals surface area contributed by atoms with Gasteiger partial charge in [-0.2, -0.15) is 10.4 Å². The predicted octanol–water partition coefficient (Wildman–Crippen LogP) is 3.92. The third-order valence-corrected chi connectivity index (χ3v) is 4.62. The maximum absolute atomic E-state index is 11.5. The van der Waals surface area contributed by atoms with E-state index in [1.165, 1.54) is 7.11 Å². The molecule has 7 heteroatoms. The molecule has 0 saturated heterocycles. The molecule has 0 bridgehead atoms. The Balaban J connectivity index is 1.91. The molecule has 0 atom stereocenters. The van der Waals surface area contributed by atoms with Crippen molar-refractivity contribution in [1.29, 1.82) is 5.26 Å². The Hall–Kier alpha value is -3.17. The summed E-state index contributed by atoms with van der Waals surface area (Å²) in [6, 6.07) is 10.9. The van der Waals surface area contributed by atoms with Gasteiger partial charge in [-0.3, -0.25) is 4.68 Å². The number of aryl methyl sites for hydroxylation is 1. The maximum atomic E-state index is 11.5. The summed E-state index contributed by atoms with van der Waals surface area (Å²) in [4.78, 5) is 15.6. The van der Waals surface area contributed by atoms with Crippen LogP contribution in [0.15, 0.2) is 36.5 Å². The summed E-state index contributed by atoms with van der Waals surface area (Å²) in [5, 5.41) is 14.1. The molecule has 0 N–H and O–H groups in total. The first-order valence-electron chi connectivity index (χ1n) is 8.22. The highest BCUT2D eigenvalue weighted by atomic mass is 35.5. The highest BCUT2D eigenvalue weighted by molar-refractivity contribution is 6.32. The van der Waals surface area contributed by atoms with Crippen LogP contribution in [0.4, 0.5) is 0 Å². The van der Waals surface area contributed by atoms with E-state index in [0.717, 1.165) is 28.1 Å². The highest BCUT2D eigenvalue weighted by Gasteiger charge is 2.15. The predicted molar refractivity (Wildman–Crippen MR) is 102 cm³/mol. The van der Waals surface area contributed by atoms with Crippen molar-refractivity contribution in [3.63, 3.8) is 0 Å². The molecule has 2 aromatic heterocycles. The van der Waals surface area contributed by atoms with E-state index in [1.807, 2.05) is 30.7 Å². The Labute approximate surface area is 162 Å². The molecule has 0 aliphatic heterocycles. The van der Waals surface area contributed by atoms with Gasteiger partial charge in [-0.1, -0.05) is 23.7 Å². The second-order valence-corrected chi connectivity index (χ2v) is 6.46. The van der Waals surface area contributed by atoms with Crippen molar-refractivity contribution in [2.24, 2.45) is 0 Å². The average Bonchev–Trinajstić information content (AvgIpc) is 2.95. The molecular formula is C20H17ClN4O2. The summed E-state index contributed by atoms with van der Waals surface area (Å²) in [5.74, 6) is -0.465. The van der Waals surface area contributed by atoms with Crippen LogP contribution in [-0.4, -0.2) is 27.8 Å². The van der Waals surface area contributed by atoms with Crippen LogP contribution in [0.2, 0.25) is 5.02 Å². The number of nitriles is 1. The lowest BCUT2D eigenvalue weighted by atomic mass is 10.0. The Kier molecular flexibility index (Phi) is 5.24. The molecule has 0 aliphatic carbocycles. The minimum atomic E-state index is -0.465. The van der Waals surface area contributed by atoms with Gasteiger partial charge in [0.15, 0.2) is 0 Å². The van der Waals surface area contributed by atoms with Gasteiger partial charge >= 0.3 is 5.97 Å². The molecule has 27 heavy (non-hydrogen) atoms. The molecule has 3 rings (SSSR count). The van der Waals surface area contributed by atoms with Crippen molar-refractivity contribution >= 4 is 17.6 Å². The van der Waals surface area contributed by atoms with Gasteiger partial charge in [0.1, 0.15) is 11.8 Å². The van der Waals surface area contributed by atoms with Crippen LogP contribution in [0, 0.1) is 25.2 Å². The summed E-state index contributed by atoms with van der Waals surface area (Å²) in [5.41, 5.74) is 5.37. The van der Waals surface area contributed by atoms with Crippen molar-refractivity contribution in [1.82, 2.24) is 14.8 Å². The quantitative estimate of drug-likeness (QED) is 0.641. The molecule has 136 valence electrons. The fourth-order valence-electron chi connectivity index (χ4n) is 2.95. The normalized spacial score (nSPS) is 10.5. The first kappa shape index (κ1) is 18.6. The zero-order chi connectivity index (χ0) is 19.6. The zero-order valence-corrected chi connectivity index (χ0v) is 15.9. The molecule has 2 heterocycles. The third-order valence-electron chi connectivity index (χ3n) is 4.31. The molecule has 0 spiro atoms. The number of esters is 1. The molecule has 3 aromatic rings. The SMILES string of the molecule is COC(=O)c1ccc(Cn2nc(C)c(-c3ccc(C#N)c(Cl)c3)c2C)cn1. The van der Waals surface area contributed by atoms with E-state index in [4.69, 9.17) is 16.9 Å². The van der Waals surface area contributed by atoms with E-state index in [2.05, 4.69) is 20.9 Å². The molecule has 0 unspecified atom stereocenters. The number of ether oxygens (including phenoxy) is 1. The number of carbonyl (C=O) groups excluding carboxylic acids is 1. The number of nitrogens with zero attached hydrogens (tertiary/aromatic N) is 4. The lowest BCUT2D eigenvalue weighted by Gasteiger charge is -2.07. The number of hydrogen-bond acceptors (Lipinski definition) is 5. The third kappa shape index (κ3) is 3.69. The van der Waals surface area contributed by atoms with Crippen LogP contribution in [0.1, 0.15) is 33.0 Å². The van der Waals surface area contributed by atoms with Crippen LogP contribution in [-0.2, 0) is 11.3 Å². The number of hydrogen-bond donors (Lipinski definition) is 0. The van der Waals surface area contributed by atoms with Gasteiger partial charge in [-0.15, -0.1) is 0 Å². The highest BCUT2D eigenvalue weighted by Crippen LogP contribution is 2.30. The number of aromatic nitrogens is 3. The minimum Gasteiger partial charge on any atom is -0.464 e. The topological polar surface area (TPSA) is 80.8 Å². The van der Waals surface area contributed by atoms with Gasteiger partial charge < -0.3 is 4.74 Å². The second-order valence-electron chi connectivity index (χ2n) is 6.05. The standard InChI is InChI=1S/C20H17ClN4O2/c1-12-19(15-5-6-16(9-22)17(21)8-15)13(2)25(24-12)11-14-4-7-18(23-10-14)20(26)27-3/h4-8,10H,11H2,1-3H3. The molecular weight excluding hydrogens is 364 g/mol. The van der Waals surface area contributed by atoms with E-state index < -0.39 is 5.97 Å². The van der Waals surface area contributed by atoms with E-state index in [1.54, 1.807) is 24.4 Å². The number of rotatable bonds is 4. The van der Waals surface area contributed by atoms with Crippen molar-refractivity contribution in [3.8, 4) is 17.2 Å². The number of halogens is 1. The minimum absolute atomic E-state index is 0.266. The molecule has 0 amide bonds. The zero-order valence-electron chi connectivity index (χ0n) is 15.2. The number of carbonyl (C=O) groups is 1. The maximum Gasteiger partial charge on any atom is 0.356 e. The summed E-state index contributed by atoms with van der Waals surface area (Å²) in [6.45, 7) is 4.44. The van der Waals surface area contributed by atoms with E-state index in [0.29, 0.717) is 17.1 Å². The molecule has 0 saturated carbocycles. The van der Waals surface area contributed by atoms with Gasteiger partial charge in [0, 0.05) is 17.5 Å². The summed E-state index contributed by atoms with van der Waals surface area (Å²) in [6.07, 6.45) is 1.64. The molecule has 6 nitrogen and oxygen atoms in total. The Bertz CT molecular complexity index is 1050. The Morgan fingerprint density at radius 3 is 2.67 bits per heavy atom. The number of pyridine rings is 1. The van der Waals surface area contributed by atoms with Crippen LogP contribution in [0.25, 0.3) is 11.1 Å². The number of methoxy groups -OCH3 is 1. The lowest BCUT2D eigenvalue weighted by Crippen LogP contribution is -2.07. The monoisotopic (exact) mass is 380 g/mol. The van der Waals surface area contributed by atoms with Gasteiger partial charge in [-0.05, 0) is 43.2 Å². The van der Waals surface area contributed by atoms with Crippen molar-refractivity contribution in [3.05, 3.63) is 69.8 Å². The Morgan fingerprint density at radius 2 is 2.07 bits per heavy atom. The van der Waals surface area contributed by atoms with Crippen LogP contribution >= 0.6 is 11.6 Å². The molecule has 1 aromatic carbocycles. The van der Waals surface area contributed by atoms with E-state index in [-0.39, 0.29) is 5.69 Å². The number of benzene rings is 1. The average molecular weight is 381 g/mol. The summed E-state index contributed by atoms with van der Waals surface area (Å²) in [7, 11) is 1.32. The van der Waals surface area contributed by atoms with E-state index in [9.17, 15) is 4.79 Å². The first-order chi connectivity index (χ1) is 12.9. The van der Waals surface area contributed by atoms with Gasteiger partial charge in [0.2, 0.25) is 0 Å². The Morgan fingerprint density at radius 1 is 1.30 bits per heavy atom. The summed E-state index contributed by atoms with van der Waals surface area (Å²) < 4.78 is 6.54. The van der Waals surface area contributed by atoms with Gasteiger partial charge in [0.05, 0.1) is 29.9 Å². The first-order valence-corrected chi connectivity index (χ1v) is 8.59. The summed E-state index contributed by atoms with van der Waals surface area (Å²) >= 11 is 6.18. The van der Waals surface area contributed by atoms with Crippen molar-refractivity contribution < 1.29 is 9.53 Å². The van der Waals surface area contributed by atoms with E-state index >= 15 is 0 Å². The smallest absolute Gasteiger partial charge is 0.356 e. The lowest BCUT2D eigenvalue weighted by molar-refractivity contribution is 0.0594. The fourth-order valence-corrected chi connectivity index (χ4v) is 3.17. The van der Waals surface area contributed by atoms with Crippen molar-refractivity contribution in [2.45, 2.75) is 20.4 Å². The van der Waals surface area contributed by atoms with Crippen LogP contribution in [0.3, 0.4) is 0 Å². The molecule has 0 radical (unpaired) electrons. The second kappa shape index (κ2) is 7.60. The van der Waals surface area contributed by atoms with Gasteiger partial charge in [0.25, 0.3) is 0 Å². The largest absolute Gasteiger partial charge is 0.464 e. The van der Waals surface area contributed by atoms with Crippen LogP contribution in [0.5, 0.6) is 0 Å². The molecule has 0 fully saturated rings. The van der Waals surface area contributed by atoms with Crippen LogP contribution < -0.4 is 0 Å². The van der Waals surface area contributed by atoms with Gasteiger partial charge in [-0.25, -0.2) is 9.78 Å². The molecule has 0 aliphatic rings. The fraction of sp³-hybridized carbons (Fsp3) is 0.200. The van der Waals surface area contributed by atoms with Crippen molar-refractivity contribution in [2.75, 3.05) is 7.11 Å².